The van der Waals surface area contributed by atoms with Gasteiger partial charge in [-0.1, -0.05) is 6.07 Å². The van der Waals surface area contributed by atoms with Crippen LogP contribution in [0, 0.1) is 11.3 Å². The topological polar surface area (TPSA) is 141 Å². The standard InChI is InChI=1S/C18H18N2O7/c1-24-12-8-9(4-5-10(12)20)13-14(16(21)25-2)11(6-7-19)27-18(23)15(13)17(22)26-3/h4-5,8,13,22H,6,20H2,1-3H3/b17-15+. The van der Waals surface area contributed by atoms with Gasteiger partial charge in [-0.25, -0.2) is 9.59 Å². The number of hydrogen-bond acceptors (Lipinski definition) is 9. The van der Waals surface area contributed by atoms with Gasteiger partial charge in [-0.2, -0.15) is 5.26 Å². The molecule has 2 rings (SSSR count). The van der Waals surface area contributed by atoms with E-state index in [4.69, 9.17) is 29.9 Å². The highest BCUT2D eigenvalue weighted by Gasteiger charge is 2.42. The summed E-state index contributed by atoms with van der Waals surface area (Å²) < 4.78 is 19.9. The van der Waals surface area contributed by atoms with Crippen LogP contribution in [0.1, 0.15) is 17.9 Å². The zero-order chi connectivity index (χ0) is 20.1. The first-order chi connectivity index (χ1) is 12.9. The number of benzene rings is 1. The highest BCUT2D eigenvalue weighted by Crippen LogP contribution is 2.42. The molecule has 27 heavy (non-hydrogen) atoms. The van der Waals surface area contributed by atoms with Gasteiger partial charge in [0.2, 0.25) is 0 Å². The summed E-state index contributed by atoms with van der Waals surface area (Å²) in [6.45, 7) is 0. The van der Waals surface area contributed by atoms with Crippen LogP contribution in [0.15, 0.2) is 41.0 Å². The molecular weight excluding hydrogens is 356 g/mol. The van der Waals surface area contributed by atoms with E-state index in [-0.39, 0.29) is 23.3 Å². The normalized spacial score (nSPS) is 18.3. The maximum atomic E-state index is 12.5. The number of methoxy groups -OCH3 is 3. The van der Waals surface area contributed by atoms with Gasteiger partial charge in [0.25, 0.3) is 5.95 Å². The largest absolute Gasteiger partial charge is 0.495 e. The van der Waals surface area contributed by atoms with Gasteiger partial charge in [-0.05, 0) is 17.7 Å². The molecule has 9 heteroatoms. The number of nitriles is 1. The number of carbonyl (C=O) groups is 2. The number of aliphatic hydroxyl groups excluding tert-OH is 1. The van der Waals surface area contributed by atoms with Gasteiger partial charge in [0.05, 0.1) is 51.0 Å². The minimum Gasteiger partial charge on any atom is -0.495 e. The fourth-order valence-electron chi connectivity index (χ4n) is 2.75. The molecule has 0 fully saturated rings. The van der Waals surface area contributed by atoms with Gasteiger partial charge in [0, 0.05) is 0 Å². The lowest BCUT2D eigenvalue weighted by molar-refractivity contribution is -0.140. The molecule has 1 aliphatic rings. The Labute approximate surface area is 155 Å². The molecule has 0 aliphatic carbocycles. The van der Waals surface area contributed by atoms with Crippen LogP contribution in [0.4, 0.5) is 5.69 Å². The van der Waals surface area contributed by atoms with Crippen LogP contribution >= 0.6 is 0 Å². The number of cyclic esters (lactones) is 1. The van der Waals surface area contributed by atoms with E-state index in [0.717, 1.165) is 14.2 Å². The van der Waals surface area contributed by atoms with E-state index in [9.17, 15) is 14.7 Å². The van der Waals surface area contributed by atoms with Gasteiger partial charge in [0.1, 0.15) is 17.1 Å². The molecule has 0 radical (unpaired) electrons. The summed E-state index contributed by atoms with van der Waals surface area (Å²) in [5.74, 6) is -3.48. The average molecular weight is 374 g/mol. The van der Waals surface area contributed by atoms with E-state index in [0.29, 0.717) is 17.0 Å². The van der Waals surface area contributed by atoms with Crippen molar-refractivity contribution >= 4 is 17.6 Å². The second kappa shape index (κ2) is 8.14. The van der Waals surface area contributed by atoms with Crippen molar-refractivity contribution in [3.63, 3.8) is 0 Å². The molecule has 142 valence electrons. The lowest BCUT2D eigenvalue weighted by Crippen LogP contribution is -2.29. The van der Waals surface area contributed by atoms with E-state index in [2.05, 4.69) is 0 Å². The fraction of sp³-hybridized carbons (Fsp3) is 0.278. The number of ether oxygens (including phenoxy) is 4. The monoisotopic (exact) mass is 374 g/mol. The third-order valence-corrected chi connectivity index (χ3v) is 3.97. The molecule has 0 saturated heterocycles. The Bertz CT molecular complexity index is 880. The van der Waals surface area contributed by atoms with Crippen molar-refractivity contribution in [3.05, 3.63) is 46.6 Å². The Hall–Kier alpha value is -3.67. The van der Waals surface area contributed by atoms with E-state index in [1.54, 1.807) is 6.07 Å². The number of carbonyl (C=O) groups excluding carboxylic acids is 2. The SMILES string of the molecule is COC(=O)C1=C(CC#N)OC(=O)/C(=C(\O)OC)C1c1ccc(N)c(OC)c1. The number of nitrogens with two attached hydrogens (primary N) is 1. The van der Waals surface area contributed by atoms with Crippen molar-refractivity contribution in [2.75, 3.05) is 27.1 Å². The zero-order valence-corrected chi connectivity index (χ0v) is 14.9. The quantitative estimate of drug-likeness (QED) is 0.341. The number of hydrogen-bond donors (Lipinski definition) is 2. The fourth-order valence-corrected chi connectivity index (χ4v) is 2.75. The second-order valence-corrected chi connectivity index (χ2v) is 5.41. The maximum Gasteiger partial charge on any atom is 0.347 e. The molecule has 1 aliphatic heterocycles. The summed E-state index contributed by atoms with van der Waals surface area (Å²) in [6.07, 6.45) is -0.347. The number of allylic oxidation sites excluding steroid dienone is 1. The molecule has 1 atom stereocenters. The summed E-state index contributed by atoms with van der Waals surface area (Å²) in [4.78, 5) is 24.9. The highest BCUT2D eigenvalue weighted by atomic mass is 16.6. The minimum absolute atomic E-state index is 0.107. The Kier molecular flexibility index (Phi) is 5.92. The zero-order valence-electron chi connectivity index (χ0n) is 14.9. The Morgan fingerprint density at radius 2 is 2.04 bits per heavy atom. The van der Waals surface area contributed by atoms with Crippen molar-refractivity contribution in [1.29, 1.82) is 5.26 Å². The lowest BCUT2D eigenvalue weighted by Gasteiger charge is -2.28. The van der Waals surface area contributed by atoms with E-state index >= 15 is 0 Å². The number of nitrogen functional groups attached to an aromatic ring is 1. The Morgan fingerprint density at radius 3 is 2.59 bits per heavy atom. The first-order valence-corrected chi connectivity index (χ1v) is 7.70. The van der Waals surface area contributed by atoms with Crippen LogP contribution < -0.4 is 10.5 Å². The second-order valence-electron chi connectivity index (χ2n) is 5.41. The molecule has 0 bridgehead atoms. The van der Waals surface area contributed by atoms with Crippen molar-refractivity contribution in [1.82, 2.24) is 0 Å². The van der Waals surface area contributed by atoms with Gasteiger partial charge in [-0.15, -0.1) is 0 Å². The molecule has 0 aromatic heterocycles. The molecule has 0 amide bonds. The smallest absolute Gasteiger partial charge is 0.347 e. The average Bonchev–Trinajstić information content (AvgIpc) is 2.67. The van der Waals surface area contributed by atoms with Crippen LogP contribution in [0.3, 0.4) is 0 Å². The predicted molar refractivity (Wildman–Crippen MR) is 92.2 cm³/mol. The number of aliphatic hydroxyl groups is 1. The van der Waals surface area contributed by atoms with Crippen molar-refractivity contribution in [2.45, 2.75) is 12.3 Å². The molecule has 9 nitrogen and oxygen atoms in total. The van der Waals surface area contributed by atoms with Crippen molar-refractivity contribution in [2.24, 2.45) is 0 Å². The lowest BCUT2D eigenvalue weighted by atomic mass is 9.81. The summed E-state index contributed by atoms with van der Waals surface area (Å²) in [5.41, 5.74) is 6.12. The van der Waals surface area contributed by atoms with Crippen molar-refractivity contribution < 1.29 is 33.6 Å². The van der Waals surface area contributed by atoms with Gasteiger partial charge < -0.3 is 29.8 Å². The molecule has 3 N–H and O–H groups in total. The summed E-state index contributed by atoms with van der Waals surface area (Å²) >= 11 is 0. The molecule has 1 heterocycles. The van der Waals surface area contributed by atoms with Gasteiger partial charge in [-0.3, -0.25) is 0 Å². The molecule has 0 saturated carbocycles. The number of esters is 2. The third kappa shape index (κ3) is 3.64. The molecule has 1 aromatic carbocycles. The number of anilines is 1. The van der Waals surface area contributed by atoms with Crippen LogP contribution in [0.25, 0.3) is 0 Å². The number of nitrogens with zero attached hydrogens (tertiary/aromatic N) is 1. The summed E-state index contributed by atoms with van der Waals surface area (Å²) in [6, 6.07) is 6.41. The Balaban J connectivity index is 2.84. The highest BCUT2D eigenvalue weighted by molar-refractivity contribution is 6.01. The van der Waals surface area contributed by atoms with Crippen LogP contribution in [-0.4, -0.2) is 38.4 Å². The van der Waals surface area contributed by atoms with Gasteiger partial charge in [0.15, 0.2) is 0 Å². The van der Waals surface area contributed by atoms with Crippen LogP contribution in [0.2, 0.25) is 0 Å². The minimum atomic E-state index is -1.11. The molecule has 1 unspecified atom stereocenters. The Morgan fingerprint density at radius 1 is 1.33 bits per heavy atom. The van der Waals surface area contributed by atoms with E-state index in [1.807, 2.05) is 6.07 Å². The summed E-state index contributed by atoms with van der Waals surface area (Å²) in [7, 11) is 3.71. The van der Waals surface area contributed by atoms with Crippen LogP contribution in [0.5, 0.6) is 5.75 Å². The summed E-state index contributed by atoms with van der Waals surface area (Å²) in [5, 5.41) is 19.1. The van der Waals surface area contributed by atoms with Crippen LogP contribution in [-0.2, 0) is 23.8 Å². The third-order valence-electron chi connectivity index (χ3n) is 3.97. The first-order valence-electron chi connectivity index (χ1n) is 7.70. The van der Waals surface area contributed by atoms with E-state index in [1.165, 1.54) is 19.2 Å². The molecular formula is C18H18N2O7. The molecule has 1 aromatic rings. The molecule has 0 spiro atoms. The van der Waals surface area contributed by atoms with Gasteiger partial charge >= 0.3 is 11.9 Å². The van der Waals surface area contributed by atoms with E-state index < -0.39 is 23.8 Å². The first kappa shape index (κ1) is 19.7. The maximum absolute atomic E-state index is 12.5. The number of rotatable bonds is 5. The predicted octanol–water partition coefficient (Wildman–Crippen LogP) is 1.67. The van der Waals surface area contributed by atoms with Crippen molar-refractivity contribution in [3.8, 4) is 11.8 Å².